The first-order valence-electron chi connectivity index (χ1n) is 9.91. The van der Waals surface area contributed by atoms with E-state index in [1.165, 1.54) is 0 Å². The number of halogens is 1. The van der Waals surface area contributed by atoms with Crippen molar-refractivity contribution in [3.63, 3.8) is 0 Å². The molecule has 0 saturated heterocycles. The monoisotopic (exact) mass is 422 g/mol. The van der Waals surface area contributed by atoms with Crippen molar-refractivity contribution in [1.82, 2.24) is 4.98 Å². The normalized spacial score (nSPS) is 11.4. The predicted octanol–water partition coefficient (Wildman–Crippen LogP) is 3.83. The van der Waals surface area contributed by atoms with Crippen LogP contribution in [0.4, 0.5) is 4.39 Å². The number of oxazole rings is 1. The van der Waals surface area contributed by atoms with E-state index in [-0.39, 0.29) is 25.4 Å². The van der Waals surface area contributed by atoms with Gasteiger partial charge in [0.1, 0.15) is 23.7 Å². The standard InChI is InChI=1S/C24H23FN2O4/c1-14-27-20-10-15(13-30-21-8-3-2-5-16(21)11-22(28)29)9-19(24(20)31-14)18-7-4-6-17(12-26)23(18)25/h2-10,22,28-29H,11-13,26H2,1H3. The molecule has 0 radical (unpaired) electrons. The van der Waals surface area contributed by atoms with E-state index in [0.717, 1.165) is 5.56 Å². The molecule has 0 aliphatic carbocycles. The van der Waals surface area contributed by atoms with Crippen LogP contribution in [-0.4, -0.2) is 21.5 Å². The van der Waals surface area contributed by atoms with Gasteiger partial charge < -0.3 is 25.1 Å². The van der Waals surface area contributed by atoms with Crippen LogP contribution in [0.1, 0.15) is 22.6 Å². The molecule has 31 heavy (non-hydrogen) atoms. The molecule has 1 aromatic heterocycles. The molecule has 3 aromatic carbocycles. The predicted molar refractivity (Wildman–Crippen MR) is 115 cm³/mol. The minimum absolute atomic E-state index is 0.0556. The summed E-state index contributed by atoms with van der Waals surface area (Å²) >= 11 is 0. The highest BCUT2D eigenvalue weighted by Crippen LogP contribution is 2.34. The number of aliphatic hydroxyl groups excluding tert-OH is 1. The highest BCUT2D eigenvalue weighted by molar-refractivity contribution is 5.91. The van der Waals surface area contributed by atoms with Crippen molar-refractivity contribution in [2.45, 2.75) is 32.8 Å². The fourth-order valence-electron chi connectivity index (χ4n) is 3.60. The van der Waals surface area contributed by atoms with E-state index in [9.17, 15) is 10.2 Å². The summed E-state index contributed by atoms with van der Waals surface area (Å²) in [5.74, 6) is 0.637. The van der Waals surface area contributed by atoms with Gasteiger partial charge in [0.05, 0.1) is 0 Å². The van der Waals surface area contributed by atoms with Crippen molar-refractivity contribution < 1.29 is 23.8 Å². The second-order valence-corrected chi connectivity index (χ2v) is 7.29. The van der Waals surface area contributed by atoms with Gasteiger partial charge in [0.15, 0.2) is 17.8 Å². The topological polar surface area (TPSA) is 102 Å². The van der Waals surface area contributed by atoms with Crippen molar-refractivity contribution in [1.29, 1.82) is 0 Å². The maximum atomic E-state index is 15.0. The highest BCUT2D eigenvalue weighted by Gasteiger charge is 2.17. The van der Waals surface area contributed by atoms with Crippen LogP contribution in [0.3, 0.4) is 0 Å². The Labute approximate surface area is 178 Å². The number of aliphatic hydroxyl groups is 2. The zero-order chi connectivity index (χ0) is 22.0. The van der Waals surface area contributed by atoms with Crippen LogP contribution in [0.15, 0.2) is 59.0 Å². The molecular formula is C24H23FN2O4. The fourth-order valence-corrected chi connectivity index (χ4v) is 3.60. The van der Waals surface area contributed by atoms with Crippen molar-refractivity contribution in [2.75, 3.05) is 0 Å². The van der Waals surface area contributed by atoms with Crippen LogP contribution in [0, 0.1) is 12.7 Å². The number of aromatic nitrogens is 1. The second kappa shape index (κ2) is 8.85. The second-order valence-electron chi connectivity index (χ2n) is 7.29. The number of nitrogens with zero attached hydrogens (tertiary/aromatic N) is 1. The van der Waals surface area contributed by atoms with Crippen molar-refractivity contribution in [2.24, 2.45) is 5.73 Å². The lowest BCUT2D eigenvalue weighted by atomic mass is 9.99. The molecule has 0 unspecified atom stereocenters. The largest absolute Gasteiger partial charge is 0.489 e. The van der Waals surface area contributed by atoms with Crippen molar-refractivity contribution in [3.05, 3.63) is 83.0 Å². The SMILES string of the molecule is Cc1nc2cc(COc3ccccc3CC(O)O)cc(-c3cccc(CN)c3F)c2o1. The summed E-state index contributed by atoms with van der Waals surface area (Å²) in [6, 6.07) is 15.9. The molecule has 4 aromatic rings. The molecule has 160 valence electrons. The molecule has 1 heterocycles. The van der Waals surface area contributed by atoms with Gasteiger partial charge in [-0.3, -0.25) is 0 Å². The molecule has 0 aliphatic rings. The van der Waals surface area contributed by atoms with Gasteiger partial charge in [0.25, 0.3) is 0 Å². The molecule has 0 amide bonds. The van der Waals surface area contributed by atoms with Gasteiger partial charge in [-0.05, 0) is 29.3 Å². The van der Waals surface area contributed by atoms with Crippen LogP contribution in [0.5, 0.6) is 5.75 Å². The first kappa shape index (κ1) is 21.0. The third-order valence-corrected chi connectivity index (χ3v) is 5.01. The lowest BCUT2D eigenvalue weighted by Gasteiger charge is -2.13. The molecule has 0 aliphatic heterocycles. The van der Waals surface area contributed by atoms with Gasteiger partial charge in [-0.1, -0.05) is 36.4 Å². The Kier molecular flexibility index (Phi) is 5.99. The molecule has 0 fully saturated rings. The third kappa shape index (κ3) is 4.44. The minimum Gasteiger partial charge on any atom is -0.489 e. The van der Waals surface area contributed by atoms with E-state index in [1.54, 1.807) is 43.3 Å². The Hall–Kier alpha value is -3.26. The Morgan fingerprint density at radius 3 is 2.61 bits per heavy atom. The fraction of sp³-hybridized carbons (Fsp3) is 0.208. The highest BCUT2D eigenvalue weighted by atomic mass is 19.1. The van der Waals surface area contributed by atoms with E-state index in [0.29, 0.717) is 45.0 Å². The number of hydrogen-bond acceptors (Lipinski definition) is 6. The Morgan fingerprint density at radius 2 is 1.84 bits per heavy atom. The first-order valence-corrected chi connectivity index (χ1v) is 9.91. The van der Waals surface area contributed by atoms with Gasteiger partial charge in [0, 0.05) is 36.6 Å². The zero-order valence-corrected chi connectivity index (χ0v) is 17.0. The summed E-state index contributed by atoms with van der Waals surface area (Å²) in [5.41, 5.74) is 9.60. The van der Waals surface area contributed by atoms with Gasteiger partial charge >= 0.3 is 0 Å². The molecule has 0 saturated carbocycles. The number of ether oxygens (including phenoxy) is 1. The van der Waals surface area contributed by atoms with Gasteiger partial charge in [-0.15, -0.1) is 0 Å². The lowest BCUT2D eigenvalue weighted by molar-refractivity contribution is -0.0385. The van der Waals surface area contributed by atoms with Crippen molar-refractivity contribution in [3.8, 4) is 16.9 Å². The molecule has 0 spiro atoms. The molecule has 4 rings (SSSR count). The van der Waals surface area contributed by atoms with E-state index >= 15 is 4.39 Å². The summed E-state index contributed by atoms with van der Waals surface area (Å²) in [6.45, 7) is 2.02. The van der Waals surface area contributed by atoms with Crippen molar-refractivity contribution >= 4 is 11.1 Å². The maximum Gasteiger partial charge on any atom is 0.192 e. The average molecular weight is 422 g/mol. The van der Waals surface area contributed by atoms with E-state index in [1.807, 2.05) is 18.2 Å². The number of para-hydroxylation sites is 1. The van der Waals surface area contributed by atoms with Crippen LogP contribution >= 0.6 is 0 Å². The van der Waals surface area contributed by atoms with Crippen LogP contribution < -0.4 is 10.5 Å². The zero-order valence-electron chi connectivity index (χ0n) is 17.0. The minimum atomic E-state index is -1.47. The van der Waals surface area contributed by atoms with Crippen LogP contribution in [0.2, 0.25) is 0 Å². The Morgan fingerprint density at radius 1 is 1.06 bits per heavy atom. The third-order valence-electron chi connectivity index (χ3n) is 5.01. The smallest absolute Gasteiger partial charge is 0.192 e. The first-order chi connectivity index (χ1) is 15.0. The van der Waals surface area contributed by atoms with E-state index in [4.69, 9.17) is 14.9 Å². The molecular weight excluding hydrogens is 399 g/mol. The number of aryl methyl sites for hydroxylation is 1. The molecule has 7 heteroatoms. The number of hydrogen-bond donors (Lipinski definition) is 3. The molecule has 6 nitrogen and oxygen atoms in total. The Balaban J connectivity index is 1.73. The van der Waals surface area contributed by atoms with Crippen LogP contribution in [0.25, 0.3) is 22.2 Å². The number of rotatable bonds is 7. The number of nitrogens with two attached hydrogens (primary N) is 1. The summed E-state index contributed by atoms with van der Waals surface area (Å²) < 4.78 is 26.7. The van der Waals surface area contributed by atoms with Crippen LogP contribution in [-0.2, 0) is 19.6 Å². The van der Waals surface area contributed by atoms with Gasteiger partial charge in [0.2, 0.25) is 0 Å². The quantitative estimate of drug-likeness (QED) is 0.391. The molecule has 0 atom stereocenters. The summed E-state index contributed by atoms with van der Waals surface area (Å²) in [7, 11) is 0. The van der Waals surface area contributed by atoms with Gasteiger partial charge in [-0.25, -0.2) is 9.37 Å². The number of fused-ring (bicyclic) bond motifs is 1. The van der Waals surface area contributed by atoms with E-state index < -0.39 is 6.29 Å². The average Bonchev–Trinajstić information content (AvgIpc) is 3.12. The molecule has 4 N–H and O–H groups in total. The Bertz CT molecular complexity index is 1220. The number of benzene rings is 3. The lowest BCUT2D eigenvalue weighted by Crippen LogP contribution is -2.09. The van der Waals surface area contributed by atoms with E-state index in [2.05, 4.69) is 4.98 Å². The summed E-state index contributed by atoms with van der Waals surface area (Å²) in [6.07, 6.45) is -1.41. The maximum absolute atomic E-state index is 15.0. The van der Waals surface area contributed by atoms with Gasteiger partial charge in [-0.2, -0.15) is 0 Å². The molecule has 0 bridgehead atoms. The summed E-state index contributed by atoms with van der Waals surface area (Å²) in [4.78, 5) is 4.41. The summed E-state index contributed by atoms with van der Waals surface area (Å²) in [5, 5.41) is 18.6.